The predicted molar refractivity (Wildman–Crippen MR) is 59.1 cm³/mol. The van der Waals surface area contributed by atoms with Crippen molar-refractivity contribution in [2.24, 2.45) is 23.2 Å². The van der Waals surface area contributed by atoms with Crippen LogP contribution >= 0.6 is 0 Å². The van der Waals surface area contributed by atoms with Gasteiger partial charge in [0, 0.05) is 12.6 Å². The average Bonchev–Trinajstić information content (AvgIpc) is 2.76. The third-order valence-corrected chi connectivity index (χ3v) is 5.51. The monoisotopic (exact) mass is 193 g/mol. The Morgan fingerprint density at radius 1 is 1.29 bits per heavy atom. The van der Waals surface area contributed by atoms with Gasteiger partial charge in [0.15, 0.2) is 0 Å². The van der Waals surface area contributed by atoms with Crippen LogP contribution in [0.5, 0.6) is 0 Å². The zero-order valence-corrected chi connectivity index (χ0v) is 9.55. The van der Waals surface area contributed by atoms with Crippen LogP contribution in [0.4, 0.5) is 0 Å². The average molecular weight is 193 g/mol. The fraction of sp³-hybridized carbons (Fsp3) is 1.00. The minimum Gasteiger partial charge on any atom is -0.312 e. The number of rotatable bonds is 2. The lowest BCUT2D eigenvalue weighted by atomic mass is 9.64. The van der Waals surface area contributed by atoms with Crippen LogP contribution < -0.4 is 5.32 Å². The molecule has 0 aromatic rings. The second-order valence-electron chi connectivity index (χ2n) is 6.20. The van der Waals surface area contributed by atoms with Gasteiger partial charge in [0.25, 0.3) is 0 Å². The summed E-state index contributed by atoms with van der Waals surface area (Å²) >= 11 is 0. The first-order chi connectivity index (χ1) is 6.73. The van der Waals surface area contributed by atoms with Crippen molar-refractivity contribution in [1.29, 1.82) is 0 Å². The lowest BCUT2D eigenvalue weighted by molar-refractivity contribution is 0.0303. The van der Waals surface area contributed by atoms with Gasteiger partial charge in [0.1, 0.15) is 0 Å². The summed E-state index contributed by atoms with van der Waals surface area (Å²) in [5, 5.41) is 3.71. The Kier molecular flexibility index (Phi) is 1.96. The minimum atomic E-state index is 0.634. The summed E-state index contributed by atoms with van der Waals surface area (Å²) in [6.45, 7) is 6.11. The van der Waals surface area contributed by atoms with E-state index in [0.717, 1.165) is 23.8 Å². The molecule has 0 aromatic heterocycles. The minimum absolute atomic E-state index is 0.634. The van der Waals surface area contributed by atoms with E-state index in [4.69, 9.17) is 0 Å². The van der Waals surface area contributed by atoms with Crippen molar-refractivity contribution in [3.05, 3.63) is 0 Å². The Morgan fingerprint density at radius 2 is 2.14 bits per heavy atom. The molecule has 1 N–H and O–H groups in total. The topological polar surface area (TPSA) is 12.0 Å². The van der Waals surface area contributed by atoms with Crippen LogP contribution in [0, 0.1) is 23.2 Å². The van der Waals surface area contributed by atoms with E-state index in [9.17, 15) is 0 Å². The van der Waals surface area contributed by atoms with Crippen molar-refractivity contribution >= 4 is 0 Å². The molecule has 2 saturated carbocycles. The van der Waals surface area contributed by atoms with Gasteiger partial charge in [-0.1, -0.05) is 20.3 Å². The lowest BCUT2D eigenvalue weighted by Gasteiger charge is -2.52. The maximum Gasteiger partial charge on any atom is 0.0164 e. The van der Waals surface area contributed by atoms with Gasteiger partial charge in [0.05, 0.1) is 0 Å². The maximum atomic E-state index is 3.71. The summed E-state index contributed by atoms with van der Waals surface area (Å²) < 4.78 is 0. The molecule has 2 bridgehead atoms. The molecule has 1 aliphatic heterocycles. The molecule has 80 valence electrons. The third kappa shape index (κ3) is 1.11. The molecule has 0 amide bonds. The van der Waals surface area contributed by atoms with Crippen LogP contribution in [0.15, 0.2) is 0 Å². The van der Waals surface area contributed by atoms with Crippen molar-refractivity contribution in [3.63, 3.8) is 0 Å². The van der Waals surface area contributed by atoms with E-state index in [1.807, 2.05) is 0 Å². The Hall–Kier alpha value is -0.0400. The molecule has 2 aliphatic carbocycles. The van der Waals surface area contributed by atoms with Crippen LogP contribution in [0.25, 0.3) is 0 Å². The van der Waals surface area contributed by atoms with E-state index >= 15 is 0 Å². The van der Waals surface area contributed by atoms with Gasteiger partial charge in [-0.15, -0.1) is 0 Å². The van der Waals surface area contributed by atoms with Crippen molar-refractivity contribution in [2.45, 2.75) is 52.0 Å². The van der Waals surface area contributed by atoms with E-state index < -0.39 is 0 Å². The first kappa shape index (κ1) is 9.21. The van der Waals surface area contributed by atoms with Crippen molar-refractivity contribution in [2.75, 3.05) is 6.54 Å². The first-order valence-corrected chi connectivity index (χ1v) is 6.46. The molecular formula is C13H23N. The molecule has 5 unspecified atom stereocenters. The smallest absolute Gasteiger partial charge is 0.0164 e. The lowest BCUT2D eigenvalue weighted by Crippen LogP contribution is -2.64. The highest BCUT2D eigenvalue weighted by Crippen LogP contribution is 2.54. The van der Waals surface area contributed by atoms with Crippen LogP contribution in [0.1, 0.15) is 46.0 Å². The highest BCUT2D eigenvalue weighted by atomic mass is 15.0. The molecule has 0 radical (unpaired) electrons. The summed E-state index contributed by atoms with van der Waals surface area (Å²) in [6, 6.07) is 0.864. The fourth-order valence-electron chi connectivity index (χ4n) is 4.28. The Bertz CT molecular complexity index is 233. The van der Waals surface area contributed by atoms with Crippen LogP contribution in [0.3, 0.4) is 0 Å². The summed E-state index contributed by atoms with van der Waals surface area (Å²) in [4.78, 5) is 0. The molecule has 1 heterocycles. The normalized spacial score (nSPS) is 56.1. The van der Waals surface area contributed by atoms with Crippen molar-refractivity contribution in [3.8, 4) is 0 Å². The molecule has 14 heavy (non-hydrogen) atoms. The molecular weight excluding hydrogens is 170 g/mol. The molecule has 0 aromatic carbocycles. The summed E-state index contributed by atoms with van der Waals surface area (Å²) in [7, 11) is 0. The van der Waals surface area contributed by atoms with Gasteiger partial charge in [0.2, 0.25) is 0 Å². The highest BCUT2D eigenvalue weighted by molar-refractivity contribution is 5.06. The van der Waals surface area contributed by atoms with E-state index in [2.05, 4.69) is 19.2 Å². The van der Waals surface area contributed by atoms with E-state index in [0.29, 0.717) is 5.41 Å². The largest absolute Gasteiger partial charge is 0.312 e. The molecule has 1 nitrogen and oxygen atoms in total. The Morgan fingerprint density at radius 3 is 2.57 bits per heavy atom. The molecule has 0 spiro atoms. The van der Waals surface area contributed by atoms with Gasteiger partial charge in [-0.05, 0) is 48.9 Å². The molecule has 5 atom stereocenters. The SMILES string of the molecule is CCC1(C)CNC1C1CC2CCC1C2. The number of fused-ring (bicyclic) bond motifs is 2. The zero-order chi connectivity index (χ0) is 9.76. The maximum absolute atomic E-state index is 3.71. The van der Waals surface area contributed by atoms with Gasteiger partial charge < -0.3 is 5.32 Å². The van der Waals surface area contributed by atoms with Crippen LogP contribution in [0.2, 0.25) is 0 Å². The van der Waals surface area contributed by atoms with Gasteiger partial charge in [-0.3, -0.25) is 0 Å². The zero-order valence-electron chi connectivity index (χ0n) is 9.55. The fourth-order valence-corrected chi connectivity index (χ4v) is 4.28. The summed E-state index contributed by atoms with van der Waals surface area (Å²) in [5.41, 5.74) is 0.634. The van der Waals surface area contributed by atoms with Gasteiger partial charge in [-0.2, -0.15) is 0 Å². The second-order valence-corrected chi connectivity index (χ2v) is 6.20. The Labute approximate surface area is 87.7 Å². The summed E-state index contributed by atoms with van der Waals surface area (Å²) in [5.74, 6) is 3.23. The third-order valence-electron chi connectivity index (χ3n) is 5.51. The molecule has 3 fully saturated rings. The molecule has 1 saturated heterocycles. The van der Waals surface area contributed by atoms with Gasteiger partial charge in [-0.25, -0.2) is 0 Å². The van der Waals surface area contributed by atoms with E-state index in [1.54, 1.807) is 6.42 Å². The molecule has 1 heteroatoms. The molecule has 3 aliphatic rings. The predicted octanol–water partition coefficient (Wildman–Crippen LogP) is 2.81. The van der Waals surface area contributed by atoms with Gasteiger partial charge >= 0.3 is 0 Å². The van der Waals surface area contributed by atoms with E-state index in [1.165, 1.54) is 32.2 Å². The van der Waals surface area contributed by atoms with Crippen molar-refractivity contribution in [1.82, 2.24) is 5.32 Å². The van der Waals surface area contributed by atoms with Crippen LogP contribution in [-0.2, 0) is 0 Å². The number of hydrogen-bond acceptors (Lipinski definition) is 1. The molecule has 3 rings (SSSR count). The number of nitrogens with one attached hydrogen (secondary N) is 1. The van der Waals surface area contributed by atoms with Crippen LogP contribution in [-0.4, -0.2) is 12.6 Å². The second kappa shape index (κ2) is 2.98. The summed E-state index contributed by atoms with van der Waals surface area (Å²) in [6.07, 6.45) is 7.53. The quantitative estimate of drug-likeness (QED) is 0.711. The number of hydrogen-bond donors (Lipinski definition) is 1. The first-order valence-electron chi connectivity index (χ1n) is 6.46. The highest BCUT2D eigenvalue weighted by Gasteiger charge is 2.52. The Balaban J connectivity index is 1.72. The van der Waals surface area contributed by atoms with E-state index in [-0.39, 0.29) is 0 Å². The standard InChI is InChI=1S/C13H23N/c1-3-13(2)8-14-12(13)11-7-9-4-5-10(11)6-9/h9-12,14H,3-8H2,1-2H3. The van der Waals surface area contributed by atoms with Crippen molar-refractivity contribution < 1.29 is 0 Å².